The Kier molecular flexibility index (Phi) is 3.67. The Balaban J connectivity index is 2.32. The maximum atomic E-state index is 9.20. The smallest absolute Gasteiger partial charge is 0.0434 e. The highest BCUT2D eigenvalue weighted by atomic mass is 16.3. The number of rotatable bonds is 3. The van der Waals surface area contributed by atoms with Gasteiger partial charge in [0.15, 0.2) is 0 Å². The van der Waals surface area contributed by atoms with E-state index in [2.05, 4.69) is 50.8 Å². The van der Waals surface area contributed by atoms with Gasteiger partial charge in [0.1, 0.15) is 0 Å². The molecule has 0 radical (unpaired) electrons. The first kappa shape index (κ1) is 13.4. The standard InChI is InChI=1S/C16H25NO/c1-12-6-5-7-15(13(12)2)17-10-8-14(9-11-18)16(17,3)4/h5-7,14,18H,8-11H2,1-4H3. The lowest BCUT2D eigenvalue weighted by Gasteiger charge is -2.38. The molecule has 100 valence electrons. The maximum Gasteiger partial charge on any atom is 0.0434 e. The fourth-order valence-corrected chi connectivity index (χ4v) is 3.26. The first-order chi connectivity index (χ1) is 8.48. The third-order valence-corrected chi connectivity index (χ3v) is 4.74. The molecule has 1 aliphatic rings. The topological polar surface area (TPSA) is 23.5 Å². The van der Waals surface area contributed by atoms with Crippen LogP contribution in [0.1, 0.15) is 37.8 Å². The number of benzene rings is 1. The van der Waals surface area contributed by atoms with Gasteiger partial charge in [-0.25, -0.2) is 0 Å². The normalized spacial score (nSPS) is 22.5. The van der Waals surface area contributed by atoms with Crippen molar-refractivity contribution in [1.29, 1.82) is 0 Å². The summed E-state index contributed by atoms with van der Waals surface area (Å²) in [4.78, 5) is 2.52. The van der Waals surface area contributed by atoms with Crippen molar-refractivity contribution in [2.24, 2.45) is 5.92 Å². The minimum atomic E-state index is 0.140. The average molecular weight is 247 g/mol. The van der Waals surface area contributed by atoms with E-state index in [4.69, 9.17) is 0 Å². The van der Waals surface area contributed by atoms with Crippen LogP contribution in [-0.2, 0) is 0 Å². The molecule has 1 unspecified atom stereocenters. The molecule has 2 nitrogen and oxygen atoms in total. The molecule has 1 N–H and O–H groups in total. The van der Waals surface area contributed by atoms with Crippen LogP contribution in [0.2, 0.25) is 0 Å². The molecule has 1 aromatic rings. The number of anilines is 1. The number of hydrogen-bond acceptors (Lipinski definition) is 2. The molecule has 0 bridgehead atoms. The Morgan fingerprint density at radius 3 is 2.72 bits per heavy atom. The van der Waals surface area contributed by atoms with Gasteiger partial charge in [0.2, 0.25) is 0 Å². The number of aryl methyl sites for hydroxylation is 1. The van der Waals surface area contributed by atoms with Gasteiger partial charge in [-0.3, -0.25) is 0 Å². The molecule has 1 saturated heterocycles. The summed E-state index contributed by atoms with van der Waals surface area (Å²) in [5.41, 5.74) is 4.24. The fraction of sp³-hybridized carbons (Fsp3) is 0.625. The Bertz CT molecular complexity index is 425. The molecule has 0 saturated carbocycles. The second kappa shape index (κ2) is 4.93. The van der Waals surface area contributed by atoms with E-state index in [0.717, 1.165) is 13.0 Å². The highest BCUT2D eigenvalue weighted by Crippen LogP contribution is 2.41. The molecule has 0 aromatic heterocycles. The molecule has 1 aliphatic heterocycles. The van der Waals surface area contributed by atoms with E-state index in [1.165, 1.54) is 23.2 Å². The van der Waals surface area contributed by atoms with Crippen molar-refractivity contribution < 1.29 is 5.11 Å². The fourth-order valence-electron chi connectivity index (χ4n) is 3.26. The molecule has 0 aliphatic carbocycles. The van der Waals surface area contributed by atoms with Gasteiger partial charge >= 0.3 is 0 Å². The summed E-state index contributed by atoms with van der Waals surface area (Å²) in [5, 5.41) is 9.20. The molecule has 0 spiro atoms. The molecule has 1 aromatic carbocycles. The van der Waals surface area contributed by atoms with Crippen LogP contribution >= 0.6 is 0 Å². The van der Waals surface area contributed by atoms with Crippen LogP contribution in [0.5, 0.6) is 0 Å². The van der Waals surface area contributed by atoms with Crippen LogP contribution in [0.3, 0.4) is 0 Å². The van der Waals surface area contributed by atoms with E-state index < -0.39 is 0 Å². The number of hydrogen-bond donors (Lipinski definition) is 1. The average Bonchev–Trinajstić information content (AvgIpc) is 2.60. The van der Waals surface area contributed by atoms with Crippen molar-refractivity contribution in [3.8, 4) is 0 Å². The van der Waals surface area contributed by atoms with Crippen LogP contribution in [0.15, 0.2) is 18.2 Å². The summed E-state index contributed by atoms with van der Waals surface area (Å²) < 4.78 is 0. The lowest BCUT2D eigenvalue weighted by Crippen LogP contribution is -2.43. The zero-order valence-corrected chi connectivity index (χ0v) is 12.0. The van der Waals surface area contributed by atoms with Crippen LogP contribution in [0.4, 0.5) is 5.69 Å². The van der Waals surface area contributed by atoms with E-state index in [-0.39, 0.29) is 5.54 Å². The van der Waals surface area contributed by atoms with Crippen LogP contribution < -0.4 is 4.90 Å². The zero-order chi connectivity index (χ0) is 13.3. The minimum absolute atomic E-state index is 0.140. The second-order valence-electron chi connectivity index (χ2n) is 6.02. The number of aliphatic hydroxyl groups is 1. The molecular weight excluding hydrogens is 222 g/mol. The van der Waals surface area contributed by atoms with Gasteiger partial charge in [-0.15, -0.1) is 0 Å². The largest absolute Gasteiger partial charge is 0.396 e. The summed E-state index contributed by atoms with van der Waals surface area (Å²) >= 11 is 0. The molecule has 1 fully saturated rings. The van der Waals surface area contributed by atoms with E-state index in [9.17, 15) is 5.11 Å². The number of aliphatic hydroxyl groups excluding tert-OH is 1. The second-order valence-corrected chi connectivity index (χ2v) is 6.02. The van der Waals surface area contributed by atoms with Gasteiger partial charge in [-0.2, -0.15) is 0 Å². The van der Waals surface area contributed by atoms with E-state index in [0.29, 0.717) is 12.5 Å². The van der Waals surface area contributed by atoms with E-state index in [1.54, 1.807) is 0 Å². The third kappa shape index (κ3) is 2.14. The van der Waals surface area contributed by atoms with Gasteiger partial charge in [0.25, 0.3) is 0 Å². The first-order valence-corrected chi connectivity index (χ1v) is 6.93. The maximum absolute atomic E-state index is 9.20. The molecule has 2 heteroatoms. The summed E-state index contributed by atoms with van der Waals surface area (Å²) in [6.45, 7) is 10.4. The lowest BCUT2D eigenvalue weighted by molar-refractivity contribution is 0.229. The van der Waals surface area contributed by atoms with Crippen molar-refractivity contribution in [1.82, 2.24) is 0 Å². The van der Waals surface area contributed by atoms with Crippen molar-refractivity contribution in [3.05, 3.63) is 29.3 Å². The van der Waals surface area contributed by atoms with Crippen molar-refractivity contribution in [2.75, 3.05) is 18.1 Å². The van der Waals surface area contributed by atoms with Crippen molar-refractivity contribution >= 4 is 5.69 Å². The predicted molar refractivity (Wildman–Crippen MR) is 77.2 cm³/mol. The Labute approximate surface area is 111 Å². The molecular formula is C16H25NO. The number of nitrogens with zero attached hydrogens (tertiary/aromatic N) is 1. The van der Waals surface area contributed by atoms with E-state index in [1.807, 2.05) is 0 Å². The highest BCUT2D eigenvalue weighted by Gasteiger charge is 2.41. The van der Waals surface area contributed by atoms with Gasteiger partial charge < -0.3 is 10.0 Å². The van der Waals surface area contributed by atoms with Crippen molar-refractivity contribution in [2.45, 2.75) is 46.1 Å². The molecule has 18 heavy (non-hydrogen) atoms. The summed E-state index contributed by atoms with van der Waals surface area (Å²) in [5.74, 6) is 0.586. The monoisotopic (exact) mass is 247 g/mol. The van der Waals surface area contributed by atoms with E-state index >= 15 is 0 Å². The van der Waals surface area contributed by atoms with Gasteiger partial charge in [-0.1, -0.05) is 12.1 Å². The lowest BCUT2D eigenvalue weighted by atomic mass is 9.85. The molecule has 1 atom stereocenters. The Morgan fingerprint density at radius 2 is 2.06 bits per heavy atom. The van der Waals surface area contributed by atoms with Crippen molar-refractivity contribution in [3.63, 3.8) is 0 Å². The third-order valence-electron chi connectivity index (χ3n) is 4.74. The highest BCUT2D eigenvalue weighted by molar-refractivity contribution is 5.58. The predicted octanol–water partition coefficient (Wildman–Crippen LogP) is 3.29. The zero-order valence-electron chi connectivity index (χ0n) is 12.0. The molecule has 2 rings (SSSR count). The minimum Gasteiger partial charge on any atom is -0.396 e. The van der Waals surface area contributed by atoms with Gasteiger partial charge in [0, 0.05) is 24.4 Å². The Hall–Kier alpha value is -1.02. The molecule has 1 heterocycles. The quantitative estimate of drug-likeness (QED) is 0.886. The SMILES string of the molecule is Cc1cccc(N2CCC(CCO)C2(C)C)c1C. The summed E-state index contributed by atoms with van der Waals surface area (Å²) in [6.07, 6.45) is 2.09. The van der Waals surface area contributed by atoms with Crippen LogP contribution in [0, 0.1) is 19.8 Å². The molecule has 0 amide bonds. The first-order valence-electron chi connectivity index (χ1n) is 6.93. The van der Waals surface area contributed by atoms with Gasteiger partial charge in [-0.05, 0) is 63.6 Å². The van der Waals surface area contributed by atoms with Crippen LogP contribution in [0.25, 0.3) is 0 Å². The Morgan fingerprint density at radius 1 is 1.33 bits per heavy atom. The van der Waals surface area contributed by atoms with Crippen LogP contribution in [-0.4, -0.2) is 23.8 Å². The van der Waals surface area contributed by atoms with Gasteiger partial charge in [0.05, 0.1) is 0 Å². The summed E-state index contributed by atoms with van der Waals surface area (Å²) in [6, 6.07) is 6.55. The summed E-state index contributed by atoms with van der Waals surface area (Å²) in [7, 11) is 0.